The van der Waals surface area contributed by atoms with Crippen LogP contribution in [0.15, 0.2) is 18.2 Å². The molecule has 1 aliphatic heterocycles. The van der Waals surface area contributed by atoms with Gasteiger partial charge in [0.25, 0.3) is 0 Å². The highest BCUT2D eigenvalue weighted by Crippen LogP contribution is 2.22. The standard InChI is InChI=1S/C14H20FN3O3.2ClH/c1-20-9-13(16)14(19)17-11-6-10(15)7-12(8-11)18-2-4-21-5-3-18;;/h6-8,13H,2-5,9,16H2,1H3,(H,17,19);2*1H. The maximum absolute atomic E-state index is 13.7. The van der Waals surface area contributed by atoms with Crippen molar-refractivity contribution in [3.8, 4) is 0 Å². The summed E-state index contributed by atoms with van der Waals surface area (Å²) in [6, 6.07) is 3.65. The number of nitrogens with two attached hydrogens (primary N) is 1. The Morgan fingerprint density at radius 2 is 2.04 bits per heavy atom. The SMILES string of the molecule is COCC(N)C(=O)Nc1cc(F)cc(N2CCOCC2)c1.Cl.Cl. The van der Waals surface area contributed by atoms with Gasteiger partial charge in [-0.15, -0.1) is 24.8 Å². The van der Waals surface area contributed by atoms with Crippen LogP contribution in [0.25, 0.3) is 0 Å². The number of hydrogen-bond acceptors (Lipinski definition) is 5. The molecule has 1 amide bonds. The molecular formula is C14H22Cl2FN3O3. The van der Waals surface area contributed by atoms with Gasteiger partial charge in [-0.3, -0.25) is 4.79 Å². The van der Waals surface area contributed by atoms with Crippen molar-refractivity contribution in [2.24, 2.45) is 5.73 Å². The molecule has 6 nitrogen and oxygen atoms in total. The number of halogens is 3. The molecule has 3 N–H and O–H groups in total. The molecular weight excluding hydrogens is 348 g/mol. The van der Waals surface area contributed by atoms with Gasteiger partial charge >= 0.3 is 0 Å². The smallest absolute Gasteiger partial charge is 0.243 e. The van der Waals surface area contributed by atoms with E-state index >= 15 is 0 Å². The topological polar surface area (TPSA) is 76.8 Å². The van der Waals surface area contributed by atoms with E-state index in [1.54, 1.807) is 6.07 Å². The van der Waals surface area contributed by atoms with Crippen LogP contribution in [0.4, 0.5) is 15.8 Å². The molecule has 2 rings (SSSR count). The second-order valence-electron chi connectivity index (χ2n) is 4.85. The molecule has 1 unspecified atom stereocenters. The number of amides is 1. The number of carbonyl (C=O) groups excluding carboxylic acids is 1. The summed E-state index contributed by atoms with van der Waals surface area (Å²) in [6.45, 7) is 2.71. The van der Waals surface area contributed by atoms with Crippen molar-refractivity contribution < 1.29 is 18.7 Å². The first-order valence-corrected chi connectivity index (χ1v) is 6.79. The Labute approximate surface area is 147 Å². The lowest BCUT2D eigenvalue weighted by Gasteiger charge is -2.29. The first-order valence-electron chi connectivity index (χ1n) is 6.79. The Morgan fingerprint density at radius 1 is 1.39 bits per heavy atom. The van der Waals surface area contributed by atoms with E-state index in [2.05, 4.69) is 5.32 Å². The van der Waals surface area contributed by atoms with E-state index in [4.69, 9.17) is 15.2 Å². The van der Waals surface area contributed by atoms with E-state index in [9.17, 15) is 9.18 Å². The van der Waals surface area contributed by atoms with Crippen LogP contribution >= 0.6 is 24.8 Å². The Kier molecular flexibility index (Phi) is 10.1. The molecule has 9 heteroatoms. The number of methoxy groups -OCH3 is 1. The van der Waals surface area contributed by atoms with Gasteiger partial charge in [0.2, 0.25) is 5.91 Å². The van der Waals surface area contributed by atoms with Crippen LogP contribution in [0.3, 0.4) is 0 Å². The van der Waals surface area contributed by atoms with E-state index in [-0.39, 0.29) is 31.4 Å². The van der Waals surface area contributed by atoms with Gasteiger partial charge in [0.15, 0.2) is 0 Å². The van der Waals surface area contributed by atoms with Gasteiger partial charge in [0.05, 0.1) is 19.8 Å². The minimum Gasteiger partial charge on any atom is -0.383 e. The molecule has 132 valence electrons. The normalized spacial score (nSPS) is 15.2. The summed E-state index contributed by atoms with van der Waals surface area (Å²) >= 11 is 0. The van der Waals surface area contributed by atoms with Crippen molar-refractivity contribution in [3.63, 3.8) is 0 Å². The molecule has 1 atom stereocenters. The Hall–Kier alpha value is -1.12. The lowest BCUT2D eigenvalue weighted by Crippen LogP contribution is -2.39. The third-order valence-corrected chi connectivity index (χ3v) is 3.21. The maximum atomic E-state index is 13.7. The number of benzene rings is 1. The third-order valence-electron chi connectivity index (χ3n) is 3.21. The molecule has 0 saturated carbocycles. The van der Waals surface area contributed by atoms with E-state index < -0.39 is 17.8 Å². The average molecular weight is 370 g/mol. The summed E-state index contributed by atoms with van der Waals surface area (Å²) < 4.78 is 23.8. The summed E-state index contributed by atoms with van der Waals surface area (Å²) in [7, 11) is 1.46. The molecule has 1 heterocycles. The predicted octanol–water partition coefficient (Wildman–Crippen LogP) is 1.42. The van der Waals surface area contributed by atoms with Crippen molar-refractivity contribution in [3.05, 3.63) is 24.0 Å². The lowest BCUT2D eigenvalue weighted by atomic mass is 10.2. The summed E-state index contributed by atoms with van der Waals surface area (Å²) in [5, 5.41) is 2.60. The number of rotatable bonds is 5. The molecule has 1 aromatic carbocycles. The zero-order chi connectivity index (χ0) is 15.2. The molecule has 1 aliphatic rings. The highest BCUT2D eigenvalue weighted by atomic mass is 35.5. The maximum Gasteiger partial charge on any atom is 0.243 e. The van der Waals surface area contributed by atoms with Crippen LogP contribution in [-0.2, 0) is 14.3 Å². The molecule has 1 fully saturated rings. The lowest BCUT2D eigenvalue weighted by molar-refractivity contribution is -0.118. The third kappa shape index (κ3) is 6.48. The van der Waals surface area contributed by atoms with E-state index in [0.29, 0.717) is 37.7 Å². The van der Waals surface area contributed by atoms with E-state index in [1.807, 2.05) is 4.90 Å². The molecule has 23 heavy (non-hydrogen) atoms. The summed E-state index contributed by atoms with van der Waals surface area (Å²) in [6.07, 6.45) is 0. The van der Waals surface area contributed by atoms with Crippen LogP contribution in [0.2, 0.25) is 0 Å². The fraction of sp³-hybridized carbons (Fsp3) is 0.500. The fourth-order valence-corrected chi connectivity index (χ4v) is 2.14. The Bertz CT molecular complexity index is 502. The fourth-order valence-electron chi connectivity index (χ4n) is 2.14. The number of nitrogens with one attached hydrogen (secondary N) is 1. The van der Waals surface area contributed by atoms with Crippen LogP contribution in [-0.4, -0.2) is 52.0 Å². The molecule has 0 spiro atoms. The van der Waals surface area contributed by atoms with Crippen LogP contribution in [0.5, 0.6) is 0 Å². The minimum absolute atomic E-state index is 0. The van der Waals surface area contributed by atoms with Crippen LogP contribution in [0, 0.1) is 5.82 Å². The number of nitrogens with zero attached hydrogens (tertiary/aromatic N) is 1. The number of ether oxygens (including phenoxy) is 2. The number of anilines is 2. The summed E-state index contributed by atoms with van der Waals surface area (Å²) in [5.74, 6) is -0.815. The van der Waals surface area contributed by atoms with Gasteiger partial charge in [-0.25, -0.2) is 4.39 Å². The minimum atomic E-state index is -0.787. The second kappa shape index (κ2) is 10.6. The van der Waals surface area contributed by atoms with Gasteiger partial charge in [-0.05, 0) is 18.2 Å². The first-order chi connectivity index (χ1) is 10.1. The molecule has 1 aromatic rings. The summed E-state index contributed by atoms with van der Waals surface area (Å²) in [5.41, 5.74) is 6.74. The van der Waals surface area contributed by atoms with Gasteiger partial charge in [-0.2, -0.15) is 0 Å². The number of hydrogen-bond donors (Lipinski definition) is 2. The van der Waals surface area contributed by atoms with Crippen LogP contribution in [0.1, 0.15) is 0 Å². The van der Waals surface area contributed by atoms with Crippen molar-refractivity contribution in [2.45, 2.75) is 6.04 Å². The quantitative estimate of drug-likeness (QED) is 0.820. The van der Waals surface area contributed by atoms with Gasteiger partial charge in [0, 0.05) is 31.6 Å². The van der Waals surface area contributed by atoms with Crippen molar-refractivity contribution in [1.82, 2.24) is 0 Å². The largest absolute Gasteiger partial charge is 0.383 e. The zero-order valence-electron chi connectivity index (χ0n) is 12.8. The predicted molar refractivity (Wildman–Crippen MR) is 92.4 cm³/mol. The highest BCUT2D eigenvalue weighted by Gasteiger charge is 2.16. The van der Waals surface area contributed by atoms with Crippen molar-refractivity contribution >= 4 is 42.1 Å². The van der Waals surface area contributed by atoms with Gasteiger partial charge < -0.3 is 25.4 Å². The van der Waals surface area contributed by atoms with Gasteiger partial charge in [-0.1, -0.05) is 0 Å². The monoisotopic (exact) mass is 369 g/mol. The molecule has 0 bridgehead atoms. The average Bonchev–Trinajstić information content (AvgIpc) is 2.47. The molecule has 1 saturated heterocycles. The van der Waals surface area contributed by atoms with E-state index in [1.165, 1.54) is 19.2 Å². The first kappa shape index (κ1) is 21.9. The summed E-state index contributed by atoms with van der Waals surface area (Å²) in [4.78, 5) is 13.8. The molecule has 0 radical (unpaired) electrons. The van der Waals surface area contributed by atoms with Gasteiger partial charge in [0.1, 0.15) is 11.9 Å². The Morgan fingerprint density at radius 3 is 2.65 bits per heavy atom. The van der Waals surface area contributed by atoms with E-state index in [0.717, 1.165) is 0 Å². The van der Waals surface area contributed by atoms with Crippen molar-refractivity contribution in [2.75, 3.05) is 50.2 Å². The highest BCUT2D eigenvalue weighted by molar-refractivity contribution is 5.95. The van der Waals surface area contributed by atoms with Crippen LogP contribution < -0.4 is 16.0 Å². The number of morpholine rings is 1. The Balaban J connectivity index is 0.00000242. The van der Waals surface area contributed by atoms with Crippen molar-refractivity contribution in [1.29, 1.82) is 0 Å². The molecule has 0 aliphatic carbocycles. The zero-order valence-corrected chi connectivity index (χ0v) is 14.4. The number of carbonyl (C=O) groups is 1. The second-order valence-corrected chi connectivity index (χ2v) is 4.85. The molecule has 0 aromatic heterocycles.